The summed E-state index contributed by atoms with van der Waals surface area (Å²) in [6.07, 6.45) is 4.02. The minimum atomic E-state index is -1.01. The highest BCUT2D eigenvalue weighted by atomic mass is 35.5. The Morgan fingerprint density at radius 2 is 2.07 bits per heavy atom. The van der Waals surface area contributed by atoms with Crippen LogP contribution in [0.2, 0.25) is 5.02 Å². The summed E-state index contributed by atoms with van der Waals surface area (Å²) < 4.78 is 9.61. The van der Waals surface area contributed by atoms with Gasteiger partial charge >= 0.3 is 0 Å². The first-order valence-corrected chi connectivity index (χ1v) is 11.0. The number of hydrogen-bond donors (Lipinski definition) is 1. The smallest absolute Gasteiger partial charge is 0.280 e. The molecule has 7 nitrogen and oxygen atoms in total. The van der Waals surface area contributed by atoms with Crippen LogP contribution in [-0.4, -0.2) is 27.4 Å². The van der Waals surface area contributed by atoms with Crippen LogP contribution < -0.4 is 10.2 Å². The van der Waals surface area contributed by atoms with Gasteiger partial charge in [-0.1, -0.05) is 35.0 Å². The molecular formula is C21H21ClN4O3S. The second-order valence-electron chi connectivity index (χ2n) is 7.29. The Morgan fingerprint density at radius 1 is 1.27 bits per heavy atom. The predicted molar refractivity (Wildman–Crippen MR) is 115 cm³/mol. The van der Waals surface area contributed by atoms with Crippen molar-refractivity contribution in [3.63, 3.8) is 0 Å². The van der Waals surface area contributed by atoms with E-state index in [4.69, 9.17) is 16.0 Å². The molecule has 1 saturated carbocycles. The molecule has 156 valence electrons. The number of amides is 2. The number of aryl methyl sites for hydroxylation is 1. The summed E-state index contributed by atoms with van der Waals surface area (Å²) in [6, 6.07) is 9.40. The summed E-state index contributed by atoms with van der Waals surface area (Å²) in [5.41, 5.74) is 0.628. The van der Waals surface area contributed by atoms with Crippen LogP contribution >= 0.6 is 23.1 Å². The van der Waals surface area contributed by atoms with Gasteiger partial charge in [0.05, 0.1) is 0 Å². The largest absolute Gasteiger partial charge is 0.464 e. The maximum Gasteiger partial charge on any atom is 0.280 e. The summed E-state index contributed by atoms with van der Waals surface area (Å²) in [5, 5.41) is 9.01. The van der Waals surface area contributed by atoms with Crippen LogP contribution in [0.25, 0.3) is 0 Å². The molecule has 1 aliphatic rings. The molecule has 30 heavy (non-hydrogen) atoms. The van der Waals surface area contributed by atoms with Crippen molar-refractivity contribution in [3.8, 4) is 0 Å². The molecular weight excluding hydrogens is 424 g/mol. The van der Waals surface area contributed by atoms with Crippen molar-refractivity contribution in [1.82, 2.24) is 14.9 Å². The second kappa shape index (κ2) is 8.97. The molecule has 0 radical (unpaired) electrons. The Balaban J connectivity index is 1.79. The zero-order valence-corrected chi connectivity index (χ0v) is 17.9. The molecule has 1 aromatic carbocycles. The van der Waals surface area contributed by atoms with E-state index in [-0.39, 0.29) is 17.6 Å². The van der Waals surface area contributed by atoms with Crippen molar-refractivity contribution in [2.24, 2.45) is 0 Å². The summed E-state index contributed by atoms with van der Waals surface area (Å²) in [4.78, 5) is 28.3. The number of aromatic nitrogens is 2. The number of hydrogen-bond acceptors (Lipinski definition) is 6. The summed E-state index contributed by atoms with van der Waals surface area (Å²) >= 11 is 7.27. The first-order chi connectivity index (χ1) is 14.5. The SMILES string of the molecule is Cc1ccc(C(C(=O)NC2CCCC2)N(C(=O)c2csnn2)c2cccc(Cl)c2)o1. The van der Waals surface area contributed by atoms with Gasteiger partial charge in [-0.05, 0) is 61.6 Å². The third kappa shape index (κ3) is 4.39. The highest BCUT2D eigenvalue weighted by molar-refractivity contribution is 7.03. The first kappa shape index (κ1) is 20.6. The van der Waals surface area contributed by atoms with Gasteiger partial charge in [-0.15, -0.1) is 5.10 Å². The molecule has 1 N–H and O–H groups in total. The molecule has 0 saturated heterocycles. The van der Waals surface area contributed by atoms with Crippen LogP contribution in [0.1, 0.15) is 53.7 Å². The van der Waals surface area contributed by atoms with Crippen molar-refractivity contribution in [3.05, 3.63) is 64.0 Å². The highest BCUT2D eigenvalue weighted by Gasteiger charge is 2.37. The summed E-state index contributed by atoms with van der Waals surface area (Å²) in [7, 11) is 0. The average molecular weight is 445 g/mol. The average Bonchev–Trinajstić information content (AvgIpc) is 3.48. The molecule has 0 aliphatic heterocycles. The second-order valence-corrected chi connectivity index (χ2v) is 8.33. The molecule has 2 aromatic heterocycles. The summed E-state index contributed by atoms with van der Waals surface area (Å²) in [6.45, 7) is 1.80. The van der Waals surface area contributed by atoms with Crippen LogP contribution in [0, 0.1) is 6.92 Å². The maximum atomic E-state index is 13.5. The fraction of sp³-hybridized carbons (Fsp3) is 0.333. The van der Waals surface area contributed by atoms with Crippen molar-refractivity contribution < 1.29 is 14.0 Å². The van der Waals surface area contributed by atoms with Gasteiger partial charge in [0.2, 0.25) is 0 Å². The van der Waals surface area contributed by atoms with Gasteiger partial charge in [0.1, 0.15) is 11.5 Å². The molecule has 1 unspecified atom stereocenters. The van der Waals surface area contributed by atoms with Crippen LogP contribution in [0.5, 0.6) is 0 Å². The van der Waals surface area contributed by atoms with Crippen LogP contribution in [0.15, 0.2) is 46.2 Å². The van der Waals surface area contributed by atoms with E-state index >= 15 is 0 Å². The topological polar surface area (TPSA) is 88.3 Å². The minimum absolute atomic E-state index is 0.0910. The van der Waals surface area contributed by atoms with E-state index in [0.717, 1.165) is 37.2 Å². The number of carbonyl (C=O) groups is 2. The van der Waals surface area contributed by atoms with Crippen molar-refractivity contribution in [1.29, 1.82) is 0 Å². The Labute approximate surface area is 183 Å². The number of furan rings is 1. The van der Waals surface area contributed by atoms with Gasteiger partial charge < -0.3 is 9.73 Å². The Kier molecular flexibility index (Phi) is 6.15. The van der Waals surface area contributed by atoms with Gasteiger partial charge in [0, 0.05) is 22.1 Å². The normalized spacial score (nSPS) is 15.1. The number of carbonyl (C=O) groups excluding carboxylic acids is 2. The molecule has 9 heteroatoms. The van der Waals surface area contributed by atoms with Crippen molar-refractivity contribution in [2.75, 3.05) is 4.90 Å². The Bertz CT molecular complexity index is 1030. The van der Waals surface area contributed by atoms with Crippen LogP contribution in [0.4, 0.5) is 5.69 Å². The lowest BCUT2D eigenvalue weighted by Gasteiger charge is -2.30. The lowest BCUT2D eigenvalue weighted by molar-refractivity contribution is -0.123. The molecule has 1 fully saturated rings. The zero-order valence-electron chi connectivity index (χ0n) is 16.4. The van der Waals surface area contributed by atoms with E-state index in [9.17, 15) is 9.59 Å². The molecule has 4 rings (SSSR count). The standard InChI is InChI=1S/C21H21ClN4O3S/c1-13-9-10-18(29-13)19(20(27)23-15-6-2-3-7-15)26(16-8-4-5-14(22)11-16)21(28)17-12-30-25-24-17/h4-5,8-12,15,19H,2-3,6-7H2,1H3,(H,23,27). The van der Waals surface area contributed by atoms with E-state index < -0.39 is 11.9 Å². The van der Waals surface area contributed by atoms with Crippen molar-refractivity contribution in [2.45, 2.75) is 44.7 Å². The van der Waals surface area contributed by atoms with Gasteiger partial charge in [-0.2, -0.15) is 0 Å². The molecule has 2 heterocycles. The minimum Gasteiger partial charge on any atom is -0.464 e. The van der Waals surface area contributed by atoms with Gasteiger partial charge in [-0.3, -0.25) is 14.5 Å². The van der Waals surface area contributed by atoms with Gasteiger partial charge in [-0.25, -0.2) is 0 Å². The Hall–Kier alpha value is -2.71. The highest BCUT2D eigenvalue weighted by Crippen LogP contribution is 2.32. The van der Waals surface area contributed by atoms with Gasteiger partial charge in [0.15, 0.2) is 11.7 Å². The third-order valence-corrected chi connectivity index (χ3v) is 5.86. The number of halogens is 1. The quantitative estimate of drug-likeness (QED) is 0.603. The zero-order chi connectivity index (χ0) is 21.1. The Morgan fingerprint density at radius 3 is 2.70 bits per heavy atom. The number of nitrogens with one attached hydrogen (secondary N) is 1. The fourth-order valence-electron chi connectivity index (χ4n) is 3.72. The lowest BCUT2D eigenvalue weighted by Crippen LogP contribution is -2.46. The number of benzene rings is 1. The van der Waals surface area contributed by atoms with E-state index in [1.807, 2.05) is 0 Å². The number of nitrogens with zero attached hydrogens (tertiary/aromatic N) is 3. The number of anilines is 1. The van der Waals surface area contributed by atoms with Gasteiger partial charge in [0.25, 0.3) is 11.8 Å². The molecule has 3 aromatic rings. The molecule has 1 aliphatic carbocycles. The molecule has 2 amide bonds. The fourth-order valence-corrected chi connectivity index (χ4v) is 4.33. The van der Waals surface area contributed by atoms with E-state index in [1.165, 1.54) is 4.90 Å². The third-order valence-electron chi connectivity index (χ3n) is 5.12. The first-order valence-electron chi connectivity index (χ1n) is 9.76. The monoisotopic (exact) mass is 444 g/mol. The van der Waals surface area contributed by atoms with E-state index in [0.29, 0.717) is 22.2 Å². The van der Waals surface area contributed by atoms with E-state index in [1.54, 1.807) is 48.7 Å². The lowest BCUT2D eigenvalue weighted by atomic mass is 10.1. The molecule has 0 bridgehead atoms. The van der Waals surface area contributed by atoms with E-state index in [2.05, 4.69) is 14.9 Å². The summed E-state index contributed by atoms with van der Waals surface area (Å²) in [5.74, 6) is 0.274. The van der Waals surface area contributed by atoms with Crippen LogP contribution in [0.3, 0.4) is 0 Å². The van der Waals surface area contributed by atoms with Crippen molar-refractivity contribution >= 4 is 40.6 Å². The molecule has 1 atom stereocenters. The number of rotatable bonds is 6. The van der Waals surface area contributed by atoms with Crippen LogP contribution in [-0.2, 0) is 4.79 Å². The molecule has 0 spiro atoms. The maximum absolute atomic E-state index is 13.5. The predicted octanol–water partition coefficient (Wildman–Crippen LogP) is 4.54.